The van der Waals surface area contributed by atoms with E-state index in [1.54, 1.807) is 0 Å². The number of carbonyl (C=O) groups is 4. The van der Waals surface area contributed by atoms with Crippen LogP contribution in [0.15, 0.2) is 11.6 Å². The van der Waals surface area contributed by atoms with E-state index in [1.807, 2.05) is 6.92 Å². The molecule has 45 heavy (non-hydrogen) atoms. The normalized spacial score (nSPS) is 44.8. The SMILES string of the molecule is COC(=O)[C@]12CCC(C)(C)C[C@H]1C1=CC[C@@H]3[C@@]4(C)CC(OC(C)=O)C(OC(C)=O)[C@@](C)(COC(C)=O)[C@@H]4CC[C@@]3(C)[C@]1(C)CC2. The molecule has 8 heteroatoms. The minimum Gasteiger partial charge on any atom is -0.469 e. The fourth-order valence-corrected chi connectivity index (χ4v) is 11.9. The van der Waals surface area contributed by atoms with Crippen molar-refractivity contribution in [2.24, 2.45) is 50.2 Å². The summed E-state index contributed by atoms with van der Waals surface area (Å²) >= 11 is 0. The molecule has 252 valence electrons. The topological polar surface area (TPSA) is 105 Å². The second-order valence-corrected chi connectivity index (χ2v) is 17.0. The Kier molecular flexibility index (Phi) is 8.39. The highest BCUT2D eigenvalue weighted by Crippen LogP contribution is 2.76. The Morgan fingerprint density at radius 1 is 0.800 bits per heavy atom. The number of methoxy groups -OCH3 is 1. The predicted molar refractivity (Wildman–Crippen MR) is 169 cm³/mol. The highest BCUT2D eigenvalue weighted by atomic mass is 16.6. The van der Waals surface area contributed by atoms with Gasteiger partial charge >= 0.3 is 23.9 Å². The molecular formula is C37H56O8. The van der Waals surface area contributed by atoms with Crippen LogP contribution in [-0.4, -0.2) is 49.8 Å². The van der Waals surface area contributed by atoms with Gasteiger partial charge in [-0.05, 0) is 97.2 Å². The molecule has 0 saturated heterocycles. The number of carbonyl (C=O) groups excluding carboxylic acids is 4. The molecule has 4 saturated carbocycles. The molecule has 0 aromatic rings. The molecule has 0 amide bonds. The summed E-state index contributed by atoms with van der Waals surface area (Å²) in [6.45, 7) is 18.2. The molecule has 4 fully saturated rings. The monoisotopic (exact) mass is 628 g/mol. The second-order valence-electron chi connectivity index (χ2n) is 17.0. The van der Waals surface area contributed by atoms with Gasteiger partial charge < -0.3 is 18.9 Å². The number of rotatable bonds is 5. The Hall–Kier alpha value is -2.38. The zero-order valence-corrected chi connectivity index (χ0v) is 29.3. The number of allylic oxidation sites excluding steroid dienone is 2. The maximum atomic E-state index is 13.6. The maximum absolute atomic E-state index is 13.6. The van der Waals surface area contributed by atoms with Crippen LogP contribution in [0.3, 0.4) is 0 Å². The Labute approximate surface area is 269 Å². The van der Waals surface area contributed by atoms with Crippen LogP contribution < -0.4 is 0 Å². The van der Waals surface area contributed by atoms with Crippen molar-refractivity contribution in [1.29, 1.82) is 0 Å². The summed E-state index contributed by atoms with van der Waals surface area (Å²) in [4.78, 5) is 50.6. The van der Waals surface area contributed by atoms with E-state index in [9.17, 15) is 19.2 Å². The molecular weight excluding hydrogens is 572 g/mol. The third kappa shape index (κ3) is 5.06. The minimum absolute atomic E-state index is 0.0526. The molecule has 0 radical (unpaired) electrons. The van der Waals surface area contributed by atoms with Crippen molar-refractivity contribution >= 4 is 23.9 Å². The van der Waals surface area contributed by atoms with Crippen LogP contribution in [-0.2, 0) is 38.1 Å². The predicted octanol–water partition coefficient (Wildman–Crippen LogP) is 6.98. The van der Waals surface area contributed by atoms with Crippen molar-refractivity contribution in [3.63, 3.8) is 0 Å². The molecule has 0 bridgehead atoms. The van der Waals surface area contributed by atoms with E-state index in [0.717, 1.165) is 51.4 Å². The summed E-state index contributed by atoms with van der Waals surface area (Å²) in [5.74, 6) is -0.853. The van der Waals surface area contributed by atoms with Gasteiger partial charge in [-0.3, -0.25) is 19.2 Å². The van der Waals surface area contributed by atoms with Gasteiger partial charge in [0.2, 0.25) is 0 Å². The molecule has 5 rings (SSSR count). The van der Waals surface area contributed by atoms with E-state index < -0.39 is 35.0 Å². The molecule has 2 unspecified atom stereocenters. The van der Waals surface area contributed by atoms with Crippen molar-refractivity contribution in [1.82, 2.24) is 0 Å². The lowest BCUT2D eigenvalue weighted by Gasteiger charge is -2.71. The van der Waals surface area contributed by atoms with Gasteiger partial charge in [0.1, 0.15) is 18.8 Å². The van der Waals surface area contributed by atoms with Crippen molar-refractivity contribution in [3.05, 3.63) is 11.6 Å². The number of hydrogen-bond acceptors (Lipinski definition) is 8. The van der Waals surface area contributed by atoms with Gasteiger partial charge in [0.15, 0.2) is 0 Å². The lowest BCUT2D eigenvalue weighted by atomic mass is 9.33. The summed E-state index contributed by atoms with van der Waals surface area (Å²) in [5.41, 5.74) is -0.124. The van der Waals surface area contributed by atoms with Crippen molar-refractivity contribution in [2.45, 2.75) is 132 Å². The standard InChI is InChI=1S/C37H56O8/c1-22(38)43-21-34(7)28-13-14-36(9)29(33(28,6)20-27(44-23(2)39)30(34)45-24(3)40)12-11-25-26-19-32(4,5)15-17-37(26,31(41)42-10)18-16-35(25,36)8/h11,26-30H,12-21H2,1-10H3/t26-,27?,28+,29+,30?,33-,34-,35+,36+,37-/m0/s1. The Morgan fingerprint density at radius 2 is 1.44 bits per heavy atom. The molecule has 8 nitrogen and oxygen atoms in total. The number of esters is 4. The van der Waals surface area contributed by atoms with Crippen LogP contribution in [0.1, 0.15) is 120 Å². The lowest BCUT2D eigenvalue weighted by Crippen LogP contribution is -2.69. The van der Waals surface area contributed by atoms with E-state index in [-0.39, 0.29) is 58.0 Å². The summed E-state index contributed by atoms with van der Waals surface area (Å²) in [6.07, 6.45) is 8.94. The molecule has 0 N–H and O–H groups in total. The van der Waals surface area contributed by atoms with Gasteiger partial charge in [0, 0.05) is 26.2 Å². The van der Waals surface area contributed by atoms with Crippen LogP contribution in [0, 0.1) is 50.2 Å². The molecule has 5 aliphatic rings. The molecule has 10 atom stereocenters. The number of fused-ring (bicyclic) bond motifs is 7. The van der Waals surface area contributed by atoms with E-state index in [2.05, 4.69) is 40.7 Å². The quantitative estimate of drug-likeness (QED) is 0.183. The van der Waals surface area contributed by atoms with Gasteiger partial charge in [-0.2, -0.15) is 0 Å². The van der Waals surface area contributed by atoms with E-state index in [0.29, 0.717) is 6.42 Å². The largest absolute Gasteiger partial charge is 0.469 e. The highest BCUT2D eigenvalue weighted by molar-refractivity contribution is 5.78. The smallest absolute Gasteiger partial charge is 0.312 e. The molecule has 0 aliphatic heterocycles. The summed E-state index contributed by atoms with van der Waals surface area (Å²) in [7, 11) is 1.54. The Balaban J connectivity index is 1.62. The van der Waals surface area contributed by atoms with Crippen molar-refractivity contribution < 1.29 is 38.1 Å². The average Bonchev–Trinajstić information content (AvgIpc) is 2.93. The molecule has 0 aromatic carbocycles. The molecule has 0 spiro atoms. The Bertz CT molecular complexity index is 1280. The van der Waals surface area contributed by atoms with E-state index >= 15 is 0 Å². The lowest BCUT2D eigenvalue weighted by molar-refractivity contribution is -0.255. The average molecular weight is 629 g/mol. The fourth-order valence-electron chi connectivity index (χ4n) is 11.9. The first-order valence-corrected chi connectivity index (χ1v) is 17.1. The van der Waals surface area contributed by atoms with E-state index in [1.165, 1.54) is 33.5 Å². The van der Waals surface area contributed by atoms with Crippen LogP contribution in [0.4, 0.5) is 0 Å². The van der Waals surface area contributed by atoms with Gasteiger partial charge in [-0.1, -0.05) is 53.2 Å². The van der Waals surface area contributed by atoms with Crippen molar-refractivity contribution in [3.8, 4) is 0 Å². The zero-order chi connectivity index (χ0) is 33.4. The molecule has 0 heterocycles. The van der Waals surface area contributed by atoms with Gasteiger partial charge in [0.05, 0.1) is 12.5 Å². The van der Waals surface area contributed by atoms with Crippen LogP contribution in [0.25, 0.3) is 0 Å². The first kappa shape index (κ1) is 34.0. The minimum atomic E-state index is -0.753. The van der Waals surface area contributed by atoms with Crippen LogP contribution >= 0.6 is 0 Å². The third-order valence-electron chi connectivity index (χ3n) is 14.1. The second kappa shape index (κ2) is 11.1. The fraction of sp³-hybridized carbons (Fsp3) is 0.838. The van der Waals surface area contributed by atoms with Crippen LogP contribution in [0.5, 0.6) is 0 Å². The molecule has 0 aromatic heterocycles. The first-order chi connectivity index (χ1) is 20.8. The zero-order valence-electron chi connectivity index (χ0n) is 29.3. The van der Waals surface area contributed by atoms with Gasteiger partial charge in [-0.25, -0.2) is 0 Å². The maximum Gasteiger partial charge on any atom is 0.312 e. The molecule has 5 aliphatic carbocycles. The van der Waals surface area contributed by atoms with Gasteiger partial charge in [-0.15, -0.1) is 0 Å². The number of ether oxygens (including phenoxy) is 4. The summed E-state index contributed by atoms with van der Waals surface area (Å²) in [6, 6.07) is 0. The third-order valence-corrected chi connectivity index (χ3v) is 14.1. The summed E-state index contributed by atoms with van der Waals surface area (Å²) in [5, 5.41) is 0. The Morgan fingerprint density at radius 3 is 2.04 bits per heavy atom. The first-order valence-electron chi connectivity index (χ1n) is 17.1. The number of hydrogen-bond donors (Lipinski definition) is 0. The van der Waals surface area contributed by atoms with Crippen molar-refractivity contribution in [2.75, 3.05) is 13.7 Å². The van der Waals surface area contributed by atoms with Gasteiger partial charge in [0.25, 0.3) is 0 Å². The summed E-state index contributed by atoms with van der Waals surface area (Å²) < 4.78 is 23.2. The van der Waals surface area contributed by atoms with E-state index in [4.69, 9.17) is 18.9 Å². The van der Waals surface area contributed by atoms with Crippen LogP contribution in [0.2, 0.25) is 0 Å². The highest BCUT2D eigenvalue weighted by Gasteiger charge is 2.71.